The molecule has 1 heterocycles. The molecule has 0 N–H and O–H groups in total. The van der Waals surface area contributed by atoms with Crippen LogP contribution >= 0.6 is 0 Å². The molecule has 3 rings (SSSR count). The Kier molecular flexibility index (Phi) is 5.66. The summed E-state index contributed by atoms with van der Waals surface area (Å²) in [4.78, 5) is 14.3. The van der Waals surface area contributed by atoms with Gasteiger partial charge in [0, 0.05) is 19.2 Å². The van der Waals surface area contributed by atoms with Gasteiger partial charge in [0.15, 0.2) is 11.5 Å². The van der Waals surface area contributed by atoms with Gasteiger partial charge in [-0.05, 0) is 54.3 Å². The van der Waals surface area contributed by atoms with Crippen LogP contribution in [0.4, 0.5) is 0 Å². The largest absolute Gasteiger partial charge is 0.494 e. The first-order chi connectivity index (χ1) is 12.5. The van der Waals surface area contributed by atoms with Gasteiger partial charge < -0.3 is 19.1 Å². The minimum Gasteiger partial charge on any atom is -0.494 e. The Morgan fingerprint density at radius 3 is 2.58 bits per heavy atom. The molecular formula is C21H25NO4. The van der Waals surface area contributed by atoms with Crippen LogP contribution in [0.3, 0.4) is 0 Å². The van der Waals surface area contributed by atoms with Gasteiger partial charge in [-0.1, -0.05) is 19.9 Å². The fourth-order valence-corrected chi connectivity index (χ4v) is 2.71. The van der Waals surface area contributed by atoms with Crippen LogP contribution in [0.15, 0.2) is 42.5 Å². The highest BCUT2D eigenvalue weighted by Gasteiger charge is 2.16. The molecule has 0 spiro atoms. The van der Waals surface area contributed by atoms with Gasteiger partial charge >= 0.3 is 0 Å². The van der Waals surface area contributed by atoms with E-state index in [2.05, 4.69) is 13.8 Å². The summed E-state index contributed by atoms with van der Waals surface area (Å²) in [5.41, 5.74) is 1.64. The van der Waals surface area contributed by atoms with Crippen molar-refractivity contribution in [3.63, 3.8) is 0 Å². The predicted molar refractivity (Wildman–Crippen MR) is 99.8 cm³/mol. The third-order valence-corrected chi connectivity index (χ3v) is 4.27. The second-order valence-electron chi connectivity index (χ2n) is 6.90. The van der Waals surface area contributed by atoms with Crippen molar-refractivity contribution in [1.29, 1.82) is 0 Å². The Morgan fingerprint density at radius 2 is 1.85 bits per heavy atom. The Balaban J connectivity index is 1.57. The molecule has 0 aliphatic carbocycles. The second-order valence-corrected chi connectivity index (χ2v) is 6.90. The van der Waals surface area contributed by atoms with E-state index in [-0.39, 0.29) is 12.7 Å². The Hall–Kier alpha value is -2.69. The minimum atomic E-state index is -0.0311. The standard InChI is InChI=1S/C21H25NO4/c1-15(2)10-11-24-18-7-5-17(6-8-18)21(23)22(3)13-16-4-9-19-20(12-16)26-14-25-19/h4-9,12,15H,10-11,13-14H2,1-3H3. The van der Waals surface area contributed by atoms with Gasteiger partial charge in [-0.25, -0.2) is 0 Å². The maximum absolute atomic E-state index is 12.6. The maximum atomic E-state index is 12.6. The average molecular weight is 355 g/mol. The van der Waals surface area contributed by atoms with Crippen molar-refractivity contribution >= 4 is 5.91 Å². The van der Waals surface area contributed by atoms with Crippen molar-refractivity contribution in [2.24, 2.45) is 5.92 Å². The molecule has 0 radical (unpaired) electrons. The fourth-order valence-electron chi connectivity index (χ4n) is 2.71. The van der Waals surface area contributed by atoms with Crippen LogP contribution in [0.2, 0.25) is 0 Å². The van der Waals surface area contributed by atoms with E-state index in [1.807, 2.05) is 42.5 Å². The molecule has 138 valence electrons. The van der Waals surface area contributed by atoms with E-state index >= 15 is 0 Å². The monoisotopic (exact) mass is 355 g/mol. The van der Waals surface area contributed by atoms with Gasteiger partial charge in [0.25, 0.3) is 5.91 Å². The number of rotatable bonds is 7. The van der Waals surface area contributed by atoms with Crippen LogP contribution in [-0.4, -0.2) is 31.3 Å². The van der Waals surface area contributed by atoms with Crippen LogP contribution in [-0.2, 0) is 6.54 Å². The first kappa shape index (κ1) is 18.1. The highest BCUT2D eigenvalue weighted by molar-refractivity contribution is 5.94. The van der Waals surface area contributed by atoms with E-state index in [0.29, 0.717) is 24.6 Å². The topological polar surface area (TPSA) is 48.0 Å². The lowest BCUT2D eigenvalue weighted by Gasteiger charge is -2.18. The van der Waals surface area contributed by atoms with Crippen molar-refractivity contribution < 1.29 is 19.0 Å². The van der Waals surface area contributed by atoms with Crippen LogP contribution in [0.25, 0.3) is 0 Å². The number of hydrogen-bond donors (Lipinski definition) is 0. The number of carbonyl (C=O) groups is 1. The van der Waals surface area contributed by atoms with Crippen molar-refractivity contribution in [3.05, 3.63) is 53.6 Å². The maximum Gasteiger partial charge on any atom is 0.253 e. The summed E-state index contributed by atoms with van der Waals surface area (Å²) in [5, 5.41) is 0. The predicted octanol–water partition coefficient (Wildman–Crippen LogP) is 4.11. The molecule has 2 aromatic carbocycles. The highest BCUT2D eigenvalue weighted by atomic mass is 16.7. The minimum absolute atomic E-state index is 0.0311. The van der Waals surface area contributed by atoms with Crippen molar-refractivity contribution in [1.82, 2.24) is 4.90 Å². The summed E-state index contributed by atoms with van der Waals surface area (Å²) < 4.78 is 16.4. The highest BCUT2D eigenvalue weighted by Crippen LogP contribution is 2.32. The molecule has 0 unspecified atom stereocenters. The fraction of sp³-hybridized carbons (Fsp3) is 0.381. The van der Waals surface area contributed by atoms with Gasteiger partial charge in [-0.15, -0.1) is 0 Å². The summed E-state index contributed by atoms with van der Waals surface area (Å²) in [6, 6.07) is 13.1. The molecule has 0 aromatic heterocycles. The van der Waals surface area contributed by atoms with Gasteiger partial charge in [-0.3, -0.25) is 4.79 Å². The van der Waals surface area contributed by atoms with Gasteiger partial charge in [0.1, 0.15) is 5.75 Å². The molecular weight excluding hydrogens is 330 g/mol. The molecule has 0 atom stereocenters. The molecule has 0 fully saturated rings. The first-order valence-corrected chi connectivity index (χ1v) is 8.90. The van der Waals surface area contributed by atoms with E-state index in [4.69, 9.17) is 14.2 Å². The summed E-state index contributed by atoms with van der Waals surface area (Å²) in [5.74, 6) is 2.85. The number of fused-ring (bicyclic) bond motifs is 1. The zero-order chi connectivity index (χ0) is 18.5. The molecule has 0 saturated heterocycles. The number of hydrogen-bond acceptors (Lipinski definition) is 4. The van der Waals surface area contributed by atoms with E-state index in [1.165, 1.54) is 0 Å². The molecule has 0 saturated carbocycles. The molecule has 2 aromatic rings. The van der Waals surface area contributed by atoms with E-state index in [0.717, 1.165) is 29.2 Å². The second kappa shape index (κ2) is 8.13. The van der Waals surface area contributed by atoms with E-state index in [1.54, 1.807) is 11.9 Å². The molecule has 5 heteroatoms. The lowest BCUT2D eigenvalue weighted by molar-refractivity contribution is 0.0785. The number of nitrogens with zero attached hydrogens (tertiary/aromatic N) is 1. The van der Waals surface area contributed by atoms with Crippen LogP contribution in [0, 0.1) is 5.92 Å². The lowest BCUT2D eigenvalue weighted by atomic mass is 10.1. The molecule has 5 nitrogen and oxygen atoms in total. The average Bonchev–Trinajstić information content (AvgIpc) is 3.09. The summed E-state index contributed by atoms with van der Waals surface area (Å²) in [7, 11) is 1.79. The third kappa shape index (κ3) is 4.48. The zero-order valence-electron chi connectivity index (χ0n) is 15.5. The number of ether oxygens (including phenoxy) is 3. The van der Waals surface area contributed by atoms with Crippen LogP contribution < -0.4 is 14.2 Å². The molecule has 1 amide bonds. The molecule has 26 heavy (non-hydrogen) atoms. The Labute approximate surface area is 154 Å². The summed E-state index contributed by atoms with van der Waals surface area (Å²) in [6.45, 7) is 5.78. The van der Waals surface area contributed by atoms with Crippen molar-refractivity contribution in [3.8, 4) is 17.2 Å². The van der Waals surface area contributed by atoms with Crippen LogP contribution in [0.5, 0.6) is 17.2 Å². The number of carbonyl (C=O) groups excluding carboxylic acids is 1. The zero-order valence-corrected chi connectivity index (χ0v) is 15.5. The SMILES string of the molecule is CC(C)CCOc1ccc(C(=O)N(C)Cc2ccc3c(c2)OCO3)cc1. The van der Waals surface area contributed by atoms with E-state index < -0.39 is 0 Å². The Bertz CT molecular complexity index is 755. The third-order valence-electron chi connectivity index (χ3n) is 4.27. The van der Waals surface area contributed by atoms with Crippen LogP contribution in [0.1, 0.15) is 36.2 Å². The van der Waals surface area contributed by atoms with Gasteiger partial charge in [-0.2, -0.15) is 0 Å². The Morgan fingerprint density at radius 1 is 1.12 bits per heavy atom. The van der Waals surface area contributed by atoms with E-state index in [9.17, 15) is 4.79 Å². The van der Waals surface area contributed by atoms with Gasteiger partial charge in [0.05, 0.1) is 6.61 Å². The smallest absolute Gasteiger partial charge is 0.253 e. The lowest BCUT2D eigenvalue weighted by Crippen LogP contribution is -2.26. The summed E-state index contributed by atoms with van der Waals surface area (Å²) in [6.07, 6.45) is 1.01. The van der Waals surface area contributed by atoms with Gasteiger partial charge in [0.2, 0.25) is 6.79 Å². The van der Waals surface area contributed by atoms with Crippen molar-refractivity contribution in [2.75, 3.05) is 20.4 Å². The quantitative estimate of drug-likeness (QED) is 0.750. The summed E-state index contributed by atoms with van der Waals surface area (Å²) >= 11 is 0. The first-order valence-electron chi connectivity index (χ1n) is 8.90. The molecule has 1 aliphatic heterocycles. The number of amides is 1. The van der Waals surface area contributed by atoms with Crippen molar-refractivity contribution in [2.45, 2.75) is 26.8 Å². The molecule has 0 bridgehead atoms. The molecule has 1 aliphatic rings. The normalized spacial score (nSPS) is 12.3. The number of benzene rings is 2.